The third-order valence-corrected chi connectivity index (χ3v) is 3.62. The second kappa shape index (κ2) is 5.40. The van der Waals surface area contributed by atoms with Gasteiger partial charge in [0.1, 0.15) is 11.6 Å². The molecule has 1 aromatic rings. The van der Waals surface area contributed by atoms with Gasteiger partial charge in [-0.3, -0.25) is 4.99 Å². The number of nitrogens with one attached hydrogen (secondary N) is 1. The van der Waals surface area contributed by atoms with Gasteiger partial charge >= 0.3 is 0 Å². The van der Waals surface area contributed by atoms with Crippen molar-refractivity contribution in [2.45, 2.75) is 19.4 Å². The molecule has 0 saturated heterocycles. The maximum absolute atomic E-state index is 13.0. The third-order valence-electron chi connectivity index (χ3n) is 2.59. The largest absolute Gasteiger partial charge is 0.494 e. The quantitative estimate of drug-likeness (QED) is 0.899. The summed E-state index contributed by atoms with van der Waals surface area (Å²) < 4.78 is 18.1. The van der Waals surface area contributed by atoms with Crippen molar-refractivity contribution in [1.82, 2.24) is 0 Å². The first-order valence-electron chi connectivity index (χ1n) is 5.54. The van der Waals surface area contributed by atoms with Crippen LogP contribution in [0.4, 0.5) is 10.1 Å². The molecule has 1 aromatic carbocycles. The Labute approximate surface area is 104 Å². The maximum atomic E-state index is 13.0. The monoisotopic (exact) mass is 254 g/mol. The molecule has 0 amide bonds. The van der Waals surface area contributed by atoms with E-state index in [0.29, 0.717) is 11.8 Å². The summed E-state index contributed by atoms with van der Waals surface area (Å²) in [5.41, 5.74) is 0.747. The lowest BCUT2D eigenvalue weighted by Gasteiger charge is -2.10. The highest BCUT2D eigenvalue weighted by Crippen LogP contribution is 2.28. The van der Waals surface area contributed by atoms with Gasteiger partial charge in [-0.05, 0) is 18.6 Å². The summed E-state index contributed by atoms with van der Waals surface area (Å²) in [6.07, 6.45) is 1.04. The van der Waals surface area contributed by atoms with Crippen molar-refractivity contribution in [3.63, 3.8) is 0 Å². The first-order chi connectivity index (χ1) is 8.22. The van der Waals surface area contributed by atoms with Crippen LogP contribution in [0, 0.1) is 5.82 Å². The summed E-state index contributed by atoms with van der Waals surface area (Å²) in [6.45, 7) is 2.12. The molecular formula is C12H15FN2OS. The van der Waals surface area contributed by atoms with E-state index >= 15 is 0 Å². The Morgan fingerprint density at radius 2 is 2.41 bits per heavy atom. The second-order valence-corrected chi connectivity index (χ2v) is 4.79. The van der Waals surface area contributed by atoms with Crippen molar-refractivity contribution in [3.8, 4) is 5.75 Å². The molecule has 1 aliphatic rings. The van der Waals surface area contributed by atoms with Crippen molar-refractivity contribution < 1.29 is 9.13 Å². The zero-order valence-corrected chi connectivity index (χ0v) is 10.7. The number of thioether (sulfide) groups is 1. The van der Waals surface area contributed by atoms with Gasteiger partial charge in [0.2, 0.25) is 0 Å². The van der Waals surface area contributed by atoms with Crippen molar-refractivity contribution in [2.24, 2.45) is 4.99 Å². The van der Waals surface area contributed by atoms with Crippen LogP contribution in [-0.2, 0) is 0 Å². The number of ether oxygens (including phenoxy) is 1. The zero-order valence-electron chi connectivity index (χ0n) is 9.87. The molecular weight excluding hydrogens is 239 g/mol. The molecule has 3 nitrogen and oxygen atoms in total. The molecule has 5 heteroatoms. The summed E-state index contributed by atoms with van der Waals surface area (Å²) in [5.74, 6) is 1.19. The number of hydrogen-bond donors (Lipinski definition) is 1. The number of methoxy groups -OCH3 is 1. The van der Waals surface area contributed by atoms with E-state index in [0.717, 1.165) is 23.0 Å². The smallest absolute Gasteiger partial charge is 0.161 e. The Balaban J connectivity index is 2.14. The van der Waals surface area contributed by atoms with Gasteiger partial charge in [0.15, 0.2) is 5.17 Å². The van der Waals surface area contributed by atoms with Crippen LogP contribution in [0.2, 0.25) is 0 Å². The fourth-order valence-electron chi connectivity index (χ4n) is 1.58. The Morgan fingerprint density at radius 1 is 1.59 bits per heavy atom. The number of anilines is 1. The minimum atomic E-state index is -0.306. The van der Waals surface area contributed by atoms with E-state index in [1.165, 1.54) is 19.2 Å². The lowest BCUT2D eigenvalue weighted by molar-refractivity contribution is 0.413. The first kappa shape index (κ1) is 12.2. The fourth-order valence-corrected chi connectivity index (χ4v) is 2.64. The van der Waals surface area contributed by atoms with Crippen LogP contribution in [0.5, 0.6) is 5.75 Å². The Bertz CT molecular complexity index is 437. The average molecular weight is 254 g/mol. The number of aliphatic imine (C=N–C) groups is 1. The van der Waals surface area contributed by atoms with Crippen molar-refractivity contribution in [3.05, 3.63) is 24.0 Å². The van der Waals surface area contributed by atoms with E-state index in [9.17, 15) is 4.39 Å². The normalized spacial score (nSPS) is 19.0. The van der Waals surface area contributed by atoms with Gasteiger partial charge < -0.3 is 10.1 Å². The van der Waals surface area contributed by atoms with Crippen LogP contribution in [0.1, 0.15) is 13.3 Å². The highest BCUT2D eigenvalue weighted by Gasteiger charge is 2.17. The molecule has 0 aliphatic carbocycles. The molecule has 1 aliphatic heterocycles. The Morgan fingerprint density at radius 3 is 3.06 bits per heavy atom. The standard InChI is InChI=1S/C12H15FN2OS/c1-3-9-7-17-12(14-9)15-10-5-4-8(13)6-11(10)16-2/h4-6,9H,3,7H2,1-2H3,(H,14,15). The fraction of sp³-hybridized carbons (Fsp3) is 0.417. The van der Waals surface area contributed by atoms with E-state index in [-0.39, 0.29) is 5.82 Å². The lowest BCUT2D eigenvalue weighted by Crippen LogP contribution is -2.06. The first-order valence-corrected chi connectivity index (χ1v) is 6.52. The van der Waals surface area contributed by atoms with E-state index in [1.54, 1.807) is 17.8 Å². The molecule has 1 heterocycles. The van der Waals surface area contributed by atoms with Crippen molar-refractivity contribution >= 4 is 22.6 Å². The summed E-state index contributed by atoms with van der Waals surface area (Å²) in [6, 6.07) is 4.81. The van der Waals surface area contributed by atoms with Gasteiger partial charge in [-0.2, -0.15) is 0 Å². The molecule has 1 atom stereocenters. The van der Waals surface area contributed by atoms with Gasteiger partial charge in [0, 0.05) is 11.8 Å². The number of amidine groups is 1. The number of halogens is 1. The molecule has 0 saturated carbocycles. The summed E-state index contributed by atoms with van der Waals surface area (Å²) >= 11 is 1.68. The molecule has 92 valence electrons. The van der Waals surface area contributed by atoms with Crippen LogP contribution >= 0.6 is 11.8 Å². The third kappa shape index (κ3) is 2.91. The molecule has 1 unspecified atom stereocenters. The van der Waals surface area contributed by atoms with Crippen LogP contribution in [0.3, 0.4) is 0 Å². The predicted molar refractivity (Wildman–Crippen MR) is 70.5 cm³/mol. The molecule has 1 N–H and O–H groups in total. The molecule has 0 bridgehead atoms. The lowest BCUT2D eigenvalue weighted by atomic mass is 10.3. The molecule has 0 radical (unpaired) electrons. The van der Waals surface area contributed by atoms with E-state index in [2.05, 4.69) is 17.2 Å². The Hall–Kier alpha value is -1.23. The SMILES string of the molecule is CCC1CSC(Nc2ccc(F)cc2OC)=N1. The van der Waals surface area contributed by atoms with Crippen LogP contribution in [0.25, 0.3) is 0 Å². The van der Waals surface area contributed by atoms with Crippen LogP contribution in [-0.4, -0.2) is 24.1 Å². The minimum absolute atomic E-state index is 0.306. The number of benzene rings is 1. The van der Waals surface area contributed by atoms with Crippen molar-refractivity contribution in [2.75, 3.05) is 18.2 Å². The summed E-state index contributed by atoms with van der Waals surface area (Å²) in [7, 11) is 1.53. The van der Waals surface area contributed by atoms with Gasteiger partial charge in [-0.25, -0.2) is 4.39 Å². The van der Waals surface area contributed by atoms with Crippen LogP contribution in [0.15, 0.2) is 23.2 Å². The van der Waals surface area contributed by atoms with Gasteiger partial charge in [0.05, 0.1) is 18.8 Å². The second-order valence-electron chi connectivity index (χ2n) is 3.78. The predicted octanol–water partition coefficient (Wildman–Crippen LogP) is 3.13. The minimum Gasteiger partial charge on any atom is -0.494 e. The molecule has 0 aromatic heterocycles. The zero-order chi connectivity index (χ0) is 12.3. The average Bonchev–Trinajstić information content (AvgIpc) is 2.79. The molecule has 0 spiro atoms. The van der Waals surface area contributed by atoms with E-state index in [1.807, 2.05) is 0 Å². The number of hydrogen-bond acceptors (Lipinski definition) is 4. The Kier molecular flexibility index (Phi) is 3.89. The number of rotatable bonds is 3. The molecule has 2 rings (SSSR count). The van der Waals surface area contributed by atoms with Crippen LogP contribution < -0.4 is 10.1 Å². The van der Waals surface area contributed by atoms with Gasteiger partial charge in [-0.1, -0.05) is 18.7 Å². The number of nitrogens with zero attached hydrogens (tertiary/aromatic N) is 1. The molecule has 0 fully saturated rings. The van der Waals surface area contributed by atoms with E-state index < -0.39 is 0 Å². The van der Waals surface area contributed by atoms with Gasteiger partial charge in [0.25, 0.3) is 0 Å². The summed E-state index contributed by atoms with van der Waals surface area (Å²) in [5, 5.41) is 4.05. The molecule has 17 heavy (non-hydrogen) atoms. The van der Waals surface area contributed by atoms with E-state index in [4.69, 9.17) is 4.74 Å². The highest BCUT2D eigenvalue weighted by molar-refractivity contribution is 8.14. The van der Waals surface area contributed by atoms with Crippen molar-refractivity contribution in [1.29, 1.82) is 0 Å². The highest BCUT2D eigenvalue weighted by atomic mass is 32.2. The van der Waals surface area contributed by atoms with Gasteiger partial charge in [-0.15, -0.1) is 0 Å². The topological polar surface area (TPSA) is 33.6 Å². The maximum Gasteiger partial charge on any atom is 0.161 e. The summed E-state index contributed by atoms with van der Waals surface area (Å²) in [4.78, 5) is 4.52.